The van der Waals surface area contributed by atoms with E-state index in [0.717, 1.165) is 30.5 Å². The molecule has 5 nitrogen and oxygen atoms in total. The Labute approximate surface area is 181 Å². The van der Waals surface area contributed by atoms with E-state index in [1.165, 1.54) is 16.9 Å². The Kier molecular flexibility index (Phi) is 6.29. The number of aromatic nitrogens is 2. The van der Waals surface area contributed by atoms with Crippen LogP contribution < -0.4 is 10.1 Å². The summed E-state index contributed by atoms with van der Waals surface area (Å²) in [6.07, 6.45) is 4.71. The fourth-order valence-corrected chi connectivity index (χ4v) is 4.26. The van der Waals surface area contributed by atoms with Crippen molar-refractivity contribution in [1.82, 2.24) is 9.55 Å². The molecule has 1 N–H and O–H groups in total. The number of nitrogens with one attached hydrogen (secondary N) is 1. The lowest BCUT2D eigenvalue weighted by molar-refractivity contribution is 0.211. The van der Waals surface area contributed by atoms with Gasteiger partial charge in [0.15, 0.2) is 5.13 Å². The smallest absolute Gasteiger partial charge is 0.393 e. The number of hydrogen-bond acceptors (Lipinski definition) is 5. The van der Waals surface area contributed by atoms with Gasteiger partial charge in [0.25, 0.3) is 0 Å². The molecule has 0 aliphatic rings. The minimum atomic E-state index is -0.548. The second-order valence-corrected chi connectivity index (χ2v) is 8.53. The van der Waals surface area contributed by atoms with Crippen molar-refractivity contribution in [3.05, 3.63) is 86.6 Å². The third kappa shape index (κ3) is 5.47. The van der Waals surface area contributed by atoms with Gasteiger partial charge in [-0.3, -0.25) is 5.32 Å². The average molecular weight is 444 g/mol. The largest absolute Gasteiger partial charge is 0.420 e. The summed E-state index contributed by atoms with van der Waals surface area (Å²) in [4.78, 5) is 16.3. The number of anilines is 1. The molecule has 0 atom stereocenters. The Bertz CT molecular complexity index is 1060. The van der Waals surface area contributed by atoms with Gasteiger partial charge < -0.3 is 9.30 Å². The number of rotatable bonds is 7. The molecule has 0 unspecified atom stereocenters. The monoisotopic (exact) mass is 443 g/mol. The fourth-order valence-electron chi connectivity index (χ4n) is 2.92. The van der Waals surface area contributed by atoms with Crippen molar-refractivity contribution in [2.24, 2.45) is 0 Å². The van der Waals surface area contributed by atoms with Gasteiger partial charge in [-0.25, -0.2) is 9.78 Å². The van der Waals surface area contributed by atoms with Crippen molar-refractivity contribution in [3.8, 4) is 5.88 Å². The molecular weight excluding hydrogens is 426 g/mol. The van der Waals surface area contributed by atoms with Crippen LogP contribution in [-0.2, 0) is 19.4 Å². The lowest BCUT2D eigenvalue weighted by atomic mass is 10.1. The van der Waals surface area contributed by atoms with Crippen LogP contribution in [0.5, 0.6) is 5.88 Å². The molecule has 4 aromatic rings. The van der Waals surface area contributed by atoms with Gasteiger partial charge in [0.2, 0.25) is 5.88 Å². The van der Waals surface area contributed by atoms with E-state index in [1.54, 1.807) is 22.9 Å². The van der Waals surface area contributed by atoms with E-state index in [2.05, 4.69) is 27.1 Å². The second-order valence-electron chi connectivity index (χ2n) is 6.42. The van der Waals surface area contributed by atoms with Crippen LogP contribution in [0.4, 0.5) is 9.93 Å². The summed E-state index contributed by atoms with van der Waals surface area (Å²) in [6, 6.07) is 11.8. The van der Waals surface area contributed by atoms with Crippen LogP contribution in [-0.4, -0.2) is 15.6 Å². The molecule has 0 saturated carbocycles. The number of hydrogen-bond donors (Lipinski definition) is 1. The maximum atomic E-state index is 12.3. The number of ether oxygens (including phenoxy) is 1. The van der Waals surface area contributed by atoms with Gasteiger partial charge >= 0.3 is 6.09 Å². The molecule has 3 aromatic heterocycles. The molecule has 1 amide bonds. The SMILES string of the molecule is O=C(Nc1nccs1)Oc1cc(Cc2ccc(Cl)cc2)cn1CCc1ccsc1. The number of carbonyl (C=O) groups excluding carboxylic acids is 1. The van der Waals surface area contributed by atoms with Gasteiger partial charge in [0.05, 0.1) is 0 Å². The van der Waals surface area contributed by atoms with Crippen LogP contribution in [0.1, 0.15) is 16.7 Å². The van der Waals surface area contributed by atoms with E-state index >= 15 is 0 Å². The third-order valence-corrected chi connectivity index (χ3v) is 5.97. The predicted octanol–water partition coefficient (Wildman–Crippen LogP) is 6.10. The van der Waals surface area contributed by atoms with Crippen molar-refractivity contribution in [1.29, 1.82) is 0 Å². The molecular formula is C21H18ClN3O2S2. The fraction of sp³-hybridized carbons (Fsp3) is 0.143. The molecule has 148 valence electrons. The van der Waals surface area contributed by atoms with Gasteiger partial charge in [-0.05, 0) is 58.5 Å². The molecule has 29 heavy (non-hydrogen) atoms. The van der Waals surface area contributed by atoms with E-state index < -0.39 is 6.09 Å². The summed E-state index contributed by atoms with van der Waals surface area (Å²) in [5.74, 6) is 0.512. The molecule has 0 fully saturated rings. The normalized spacial score (nSPS) is 10.8. The number of aryl methyl sites for hydroxylation is 2. The van der Waals surface area contributed by atoms with Crippen molar-refractivity contribution >= 4 is 45.5 Å². The van der Waals surface area contributed by atoms with Crippen molar-refractivity contribution in [2.75, 3.05) is 5.32 Å². The highest BCUT2D eigenvalue weighted by Gasteiger charge is 2.13. The number of benzene rings is 1. The first-order valence-corrected chi connectivity index (χ1v) is 11.2. The molecule has 4 rings (SSSR count). The molecule has 0 aliphatic heterocycles. The van der Waals surface area contributed by atoms with Crippen LogP contribution in [0.15, 0.2) is 64.9 Å². The highest BCUT2D eigenvalue weighted by atomic mass is 35.5. The number of carbonyl (C=O) groups is 1. The second kappa shape index (κ2) is 9.26. The topological polar surface area (TPSA) is 56.1 Å². The van der Waals surface area contributed by atoms with E-state index in [9.17, 15) is 4.79 Å². The van der Waals surface area contributed by atoms with Crippen molar-refractivity contribution in [2.45, 2.75) is 19.4 Å². The maximum absolute atomic E-state index is 12.3. The van der Waals surface area contributed by atoms with Crippen LogP contribution in [0.25, 0.3) is 0 Å². The number of thiophene rings is 1. The van der Waals surface area contributed by atoms with Crippen molar-refractivity contribution in [3.63, 3.8) is 0 Å². The van der Waals surface area contributed by atoms with Crippen molar-refractivity contribution < 1.29 is 9.53 Å². The maximum Gasteiger partial charge on any atom is 0.420 e. The molecule has 0 aliphatic carbocycles. The zero-order valence-corrected chi connectivity index (χ0v) is 17.8. The lowest BCUT2D eigenvalue weighted by Gasteiger charge is -2.09. The Morgan fingerprint density at radius 3 is 2.72 bits per heavy atom. The molecule has 3 heterocycles. The predicted molar refractivity (Wildman–Crippen MR) is 118 cm³/mol. The summed E-state index contributed by atoms with van der Waals surface area (Å²) in [5.41, 5.74) is 3.47. The first-order valence-electron chi connectivity index (χ1n) is 8.98. The minimum Gasteiger partial charge on any atom is -0.393 e. The van der Waals surface area contributed by atoms with Gasteiger partial charge in [-0.15, -0.1) is 11.3 Å². The van der Waals surface area contributed by atoms with Gasteiger partial charge in [0, 0.05) is 35.4 Å². The zero-order valence-electron chi connectivity index (χ0n) is 15.4. The molecule has 0 bridgehead atoms. The number of halogens is 1. The lowest BCUT2D eigenvalue weighted by Crippen LogP contribution is -2.18. The molecule has 8 heteroatoms. The van der Waals surface area contributed by atoms with E-state index in [4.69, 9.17) is 16.3 Å². The standard InChI is InChI=1S/C21H18ClN3O2S2/c22-18-3-1-15(2-4-18)11-17-12-19(27-21(26)24-20-23-7-10-29-20)25(13-17)8-5-16-6-9-28-14-16/h1-4,6-7,9-10,12-14H,5,8,11H2,(H,23,24,26). The van der Waals surface area contributed by atoms with E-state index in [0.29, 0.717) is 16.0 Å². The summed E-state index contributed by atoms with van der Waals surface area (Å²) in [6.45, 7) is 0.719. The van der Waals surface area contributed by atoms with Crippen LogP contribution >= 0.6 is 34.3 Å². The Morgan fingerprint density at radius 1 is 1.14 bits per heavy atom. The first-order chi connectivity index (χ1) is 14.2. The minimum absolute atomic E-state index is 0.507. The molecule has 0 saturated heterocycles. The Balaban J connectivity index is 1.50. The molecule has 1 aromatic carbocycles. The van der Waals surface area contributed by atoms with Gasteiger partial charge in [0.1, 0.15) is 0 Å². The van der Waals surface area contributed by atoms with E-state index in [-0.39, 0.29) is 0 Å². The summed E-state index contributed by atoms with van der Waals surface area (Å²) >= 11 is 9.00. The Morgan fingerprint density at radius 2 is 2.00 bits per heavy atom. The summed E-state index contributed by atoms with van der Waals surface area (Å²) in [7, 11) is 0. The first kappa shape index (κ1) is 19.7. The summed E-state index contributed by atoms with van der Waals surface area (Å²) in [5, 5.41) is 9.87. The average Bonchev–Trinajstić information content (AvgIpc) is 3.45. The van der Waals surface area contributed by atoms with E-state index in [1.807, 2.05) is 41.1 Å². The zero-order chi connectivity index (χ0) is 20.1. The third-order valence-electron chi connectivity index (χ3n) is 4.30. The van der Waals surface area contributed by atoms with Crippen LogP contribution in [0, 0.1) is 0 Å². The molecule has 0 radical (unpaired) electrons. The van der Waals surface area contributed by atoms with Crippen LogP contribution in [0.3, 0.4) is 0 Å². The quantitative estimate of drug-likeness (QED) is 0.375. The molecule has 0 spiro atoms. The van der Waals surface area contributed by atoms with Crippen LogP contribution in [0.2, 0.25) is 5.02 Å². The van der Waals surface area contributed by atoms with Gasteiger partial charge in [-0.2, -0.15) is 11.3 Å². The number of amides is 1. The highest BCUT2D eigenvalue weighted by molar-refractivity contribution is 7.13. The Hall–Kier alpha value is -2.61. The number of thiazole rings is 1. The highest BCUT2D eigenvalue weighted by Crippen LogP contribution is 2.23. The van der Waals surface area contributed by atoms with Gasteiger partial charge in [-0.1, -0.05) is 23.7 Å². The number of nitrogens with zero attached hydrogens (tertiary/aromatic N) is 2. The summed E-state index contributed by atoms with van der Waals surface area (Å²) < 4.78 is 7.56.